The Kier molecular flexibility index (Phi) is 3.05. The van der Waals surface area contributed by atoms with E-state index in [1.807, 2.05) is 12.3 Å². The summed E-state index contributed by atoms with van der Waals surface area (Å²) in [5.74, 6) is 0.952. The van der Waals surface area contributed by atoms with Gasteiger partial charge < -0.3 is 15.3 Å². The lowest BCUT2D eigenvalue weighted by molar-refractivity contribution is 0.575. The van der Waals surface area contributed by atoms with Gasteiger partial charge in [-0.1, -0.05) is 19.9 Å². The van der Waals surface area contributed by atoms with Crippen molar-refractivity contribution in [2.75, 3.05) is 0 Å². The summed E-state index contributed by atoms with van der Waals surface area (Å²) in [6.45, 7) is 5.00. The predicted octanol–water partition coefficient (Wildman–Crippen LogP) is 2.45. The van der Waals surface area contributed by atoms with Crippen molar-refractivity contribution < 1.29 is 0 Å². The molecule has 0 atom stereocenters. The normalized spacial score (nSPS) is 11.5. The van der Waals surface area contributed by atoms with Crippen molar-refractivity contribution in [3.05, 3.63) is 36.5 Å². The smallest absolute Gasteiger partial charge is 0.120 e. The van der Waals surface area contributed by atoms with Crippen LogP contribution in [0.5, 0.6) is 0 Å². The number of hydrogen-bond acceptors (Lipinski definition) is 3. The number of aromatic nitrogens is 4. The van der Waals surface area contributed by atoms with Crippen molar-refractivity contribution in [2.45, 2.75) is 26.4 Å². The molecular formula is C14H17N5. The SMILES string of the molecule is CC(C)NCc1ncc(-c2ccc3nc[nH]c3c2)[nH]1. The minimum atomic E-state index is 0.454. The van der Waals surface area contributed by atoms with Crippen LogP contribution >= 0.6 is 0 Å². The van der Waals surface area contributed by atoms with Gasteiger partial charge in [0.1, 0.15) is 5.82 Å². The van der Waals surface area contributed by atoms with Crippen LogP contribution in [0.1, 0.15) is 19.7 Å². The fraction of sp³-hybridized carbons (Fsp3) is 0.286. The first kappa shape index (κ1) is 11.9. The number of rotatable bonds is 4. The molecule has 0 unspecified atom stereocenters. The number of imidazole rings is 2. The molecule has 98 valence electrons. The number of hydrogen-bond donors (Lipinski definition) is 3. The van der Waals surface area contributed by atoms with Crippen LogP contribution in [0, 0.1) is 0 Å². The Hall–Kier alpha value is -2.14. The molecular weight excluding hydrogens is 238 g/mol. The van der Waals surface area contributed by atoms with E-state index in [4.69, 9.17) is 0 Å². The van der Waals surface area contributed by atoms with Gasteiger partial charge in [-0.15, -0.1) is 0 Å². The second kappa shape index (κ2) is 4.85. The van der Waals surface area contributed by atoms with Crippen LogP contribution in [0.15, 0.2) is 30.7 Å². The second-order valence-electron chi connectivity index (χ2n) is 4.91. The lowest BCUT2D eigenvalue weighted by Gasteiger charge is -2.05. The van der Waals surface area contributed by atoms with E-state index in [9.17, 15) is 0 Å². The number of nitrogens with zero attached hydrogens (tertiary/aromatic N) is 2. The summed E-state index contributed by atoms with van der Waals surface area (Å²) in [6, 6.07) is 6.59. The fourth-order valence-electron chi connectivity index (χ4n) is 2.00. The van der Waals surface area contributed by atoms with Gasteiger partial charge in [0, 0.05) is 11.6 Å². The van der Waals surface area contributed by atoms with Gasteiger partial charge >= 0.3 is 0 Å². The lowest BCUT2D eigenvalue weighted by Crippen LogP contribution is -2.22. The molecule has 0 amide bonds. The van der Waals surface area contributed by atoms with E-state index in [0.29, 0.717) is 6.04 Å². The third kappa shape index (κ3) is 2.51. The molecule has 2 heterocycles. The first-order valence-electron chi connectivity index (χ1n) is 6.43. The number of aromatic amines is 2. The summed E-state index contributed by atoms with van der Waals surface area (Å²) >= 11 is 0. The summed E-state index contributed by atoms with van der Waals surface area (Å²) in [6.07, 6.45) is 3.58. The molecule has 0 spiro atoms. The second-order valence-corrected chi connectivity index (χ2v) is 4.91. The summed E-state index contributed by atoms with van der Waals surface area (Å²) in [4.78, 5) is 15.1. The third-order valence-corrected chi connectivity index (χ3v) is 3.04. The average molecular weight is 255 g/mol. The van der Waals surface area contributed by atoms with Crippen molar-refractivity contribution in [1.29, 1.82) is 0 Å². The highest BCUT2D eigenvalue weighted by molar-refractivity contribution is 5.80. The monoisotopic (exact) mass is 255 g/mol. The van der Waals surface area contributed by atoms with E-state index in [1.165, 1.54) is 0 Å². The van der Waals surface area contributed by atoms with Gasteiger partial charge in [-0.25, -0.2) is 9.97 Å². The standard InChI is InChI=1S/C14H17N5/c1-9(2)15-7-14-16-6-13(19-14)10-3-4-11-12(5-10)18-8-17-11/h3-6,8-9,15H,7H2,1-2H3,(H,16,19)(H,17,18). The summed E-state index contributed by atoms with van der Waals surface area (Å²) in [7, 11) is 0. The highest BCUT2D eigenvalue weighted by atomic mass is 15.0. The van der Waals surface area contributed by atoms with Crippen molar-refractivity contribution >= 4 is 11.0 Å². The van der Waals surface area contributed by atoms with Crippen LogP contribution in [-0.2, 0) is 6.54 Å². The van der Waals surface area contributed by atoms with Gasteiger partial charge in [-0.2, -0.15) is 0 Å². The van der Waals surface area contributed by atoms with Gasteiger partial charge in [-0.3, -0.25) is 0 Å². The molecule has 3 rings (SSSR count). The molecule has 0 aliphatic heterocycles. The predicted molar refractivity (Wildman–Crippen MR) is 75.7 cm³/mol. The summed E-state index contributed by atoms with van der Waals surface area (Å²) < 4.78 is 0. The van der Waals surface area contributed by atoms with E-state index in [-0.39, 0.29) is 0 Å². The molecule has 19 heavy (non-hydrogen) atoms. The van der Waals surface area contributed by atoms with E-state index in [1.54, 1.807) is 6.33 Å². The molecule has 0 saturated carbocycles. The van der Waals surface area contributed by atoms with Crippen LogP contribution < -0.4 is 5.32 Å². The number of benzene rings is 1. The Morgan fingerprint density at radius 1 is 1.26 bits per heavy atom. The van der Waals surface area contributed by atoms with E-state index in [0.717, 1.165) is 34.7 Å². The largest absolute Gasteiger partial charge is 0.345 e. The molecule has 2 aromatic heterocycles. The number of fused-ring (bicyclic) bond motifs is 1. The van der Waals surface area contributed by atoms with Gasteiger partial charge in [0.25, 0.3) is 0 Å². The van der Waals surface area contributed by atoms with Gasteiger partial charge in [-0.05, 0) is 12.1 Å². The summed E-state index contributed by atoms with van der Waals surface area (Å²) in [5.41, 5.74) is 4.15. The minimum Gasteiger partial charge on any atom is -0.345 e. The van der Waals surface area contributed by atoms with Crippen LogP contribution in [0.4, 0.5) is 0 Å². The van der Waals surface area contributed by atoms with Gasteiger partial charge in [0.2, 0.25) is 0 Å². The van der Waals surface area contributed by atoms with E-state index < -0.39 is 0 Å². The first-order valence-corrected chi connectivity index (χ1v) is 6.43. The van der Waals surface area contributed by atoms with Crippen LogP contribution in [0.25, 0.3) is 22.3 Å². The average Bonchev–Trinajstić information content (AvgIpc) is 3.04. The van der Waals surface area contributed by atoms with Gasteiger partial charge in [0.05, 0.1) is 35.8 Å². The zero-order chi connectivity index (χ0) is 13.2. The third-order valence-electron chi connectivity index (χ3n) is 3.04. The summed E-state index contributed by atoms with van der Waals surface area (Å²) in [5, 5.41) is 3.34. The van der Waals surface area contributed by atoms with Crippen molar-refractivity contribution in [1.82, 2.24) is 25.3 Å². The van der Waals surface area contributed by atoms with Crippen LogP contribution in [0.3, 0.4) is 0 Å². The van der Waals surface area contributed by atoms with Crippen molar-refractivity contribution in [3.63, 3.8) is 0 Å². The molecule has 0 aliphatic rings. The molecule has 3 aromatic rings. The molecule has 0 radical (unpaired) electrons. The van der Waals surface area contributed by atoms with Crippen LogP contribution in [0.2, 0.25) is 0 Å². The highest BCUT2D eigenvalue weighted by Crippen LogP contribution is 2.21. The zero-order valence-electron chi connectivity index (χ0n) is 11.1. The molecule has 0 fully saturated rings. The molecule has 3 N–H and O–H groups in total. The Labute approximate surface area is 111 Å². The van der Waals surface area contributed by atoms with Crippen LogP contribution in [-0.4, -0.2) is 26.0 Å². The highest BCUT2D eigenvalue weighted by Gasteiger charge is 2.05. The fourth-order valence-corrected chi connectivity index (χ4v) is 2.00. The Morgan fingerprint density at radius 3 is 3.00 bits per heavy atom. The van der Waals surface area contributed by atoms with Gasteiger partial charge in [0.15, 0.2) is 0 Å². The maximum absolute atomic E-state index is 4.39. The number of H-pyrrole nitrogens is 2. The lowest BCUT2D eigenvalue weighted by atomic mass is 10.1. The van der Waals surface area contributed by atoms with E-state index >= 15 is 0 Å². The minimum absolute atomic E-state index is 0.454. The van der Waals surface area contributed by atoms with Crippen molar-refractivity contribution in [2.24, 2.45) is 0 Å². The zero-order valence-corrected chi connectivity index (χ0v) is 11.1. The molecule has 0 aliphatic carbocycles. The first-order chi connectivity index (χ1) is 9.22. The Bertz CT molecular complexity index is 680. The molecule has 0 saturated heterocycles. The molecule has 0 bridgehead atoms. The molecule has 1 aromatic carbocycles. The topological polar surface area (TPSA) is 69.4 Å². The quantitative estimate of drug-likeness (QED) is 0.670. The van der Waals surface area contributed by atoms with E-state index in [2.05, 4.69) is 51.2 Å². The maximum atomic E-state index is 4.39. The maximum Gasteiger partial charge on any atom is 0.120 e. The number of nitrogens with one attached hydrogen (secondary N) is 3. The van der Waals surface area contributed by atoms with Crippen molar-refractivity contribution in [3.8, 4) is 11.3 Å². The molecule has 5 nitrogen and oxygen atoms in total. The molecule has 5 heteroatoms. The Morgan fingerprint density at radius 2 is 2.16 bits per heavy atom. The Balaban J connectivity index is 1.85.